The zero-order valence-corrected chi connectivity index (χ0v) is 16.1. The first kappa shape index (κ1) is 21.5. The van der Waals surface area contributed by atoms with Crippen molar-refractivity contribution in [3.8, 4) is 0 Å². The fraction of sp³-hybridized carbons (Fsp3) is 0.250. The zero-order valence-electron chi connectivity index (χ0n) is 16.1. The maximum Gasteiger partial charge on any atom is 0.449 e. The number of H-pyrrole nitrogens is 1. The van der Waals surface area contributed by atoms with E-state index >= 15 is 0 Å². The van der Waals surface area contributed by atoms with Crippen molar-refractivity contribution in [1.29, 1.82) is 0 Å². The van der Waals surface area contributed by atoms with Crippen LogP contribution in [-0.2, 0) is 11.0 Å². The van der Waals surface area contributed by atoms with Crippen molar-refractivity contribution in [2.75, 3.05) is 26.2 Å². The van der Waals surface area contributed by atoms with Crippen molar-refractivity contribution in [3.63, 3.8) is 0 Å². The van der Waals surface area contributed by atoms with Crippen LogP contribution in [0.4, 0.5) is 22.0 Å². The van der Waals surface area contributed by atoms with Crippen LogP contribution in [-0.4, -0.2) is 58.6 Å². The minimum atomic E-state index is -4.73. The molecule has 0 saturated carbocycles. The molecule has 1 fully saturated rings. The molecule has 2 aromatic heterocycles. The minimum Gasteiger partial charge on any atom is -0.446 e. The third kappa shape index (κ3) is 3.72. The third-order valence-electron chi connectivity index (χ3n) is 5.12. The minimum absolute atomic E-state index is 0.0588. The summed E-state index contributed by atoms with van der Waals surface area (Å²) < 4.78 is 70.4. The summed E-state index contributed by atoms with van der Waals surface area (Å²) >= 11 is 0. The lowest BCUT2D eigenvalue weighted by atomic mass is 10.1. The number of nitrogens with zero attached hydrogens (tertiary/aromatic N) is 2. The van der Waals surface area contributed by atoms with Crippen molar-refractivity contribution in [2.24, 2.45) is 0 Å². The first-order valence-electron chi connectivity index (χ1n) is 9.33. The maximum absolute atomic E-state index is 14.1. The smallest absolute Gasteiger partial charge is 0.446 e. The van der Waals surface area contributed by atoms with E-state index in [4.69, 9.17) is 0 Å². The number of Topliss-reactive ketones (excluding diaryl/α,β-unsaturated/α-hetero) is 1. The molecule has 1 aliphatic rings. The summed E-state index contributed by atoms with van der Waals surface area (Å²) in [4.78, 5) is 42.3. The Morgan fingerprint density at radius 1 is 0.906 bits per heavy atom. The molecule has 7 nitrogen and oxygen atoms in total. The highest BCUT2D eigenvalue weighted by molar-refractivity contribution is 6.44. The highest BCUT2D eigenvalue weighted by Crippen LogP contribution is 2.31. The second-order valence-corrected chi connectivity index (χ2v) is 7.06. The highest BCUT2D eigenvalue weighted by atomic mass is 19.4. The molecule has 3 heterocycles. The van der Waals surface area contributed by atoms with Crippen LogP contribution in [0.1, 0.15) is 26.7 Å². The Kier molecular flexibility index (Phi) is 5.23. The number of ketones is 1. The molecule has 0 aliphatic carbocycles. The molecule has 1 N–H and O–H groups in total. The van der Waals surface area contributed by atoms with Gasteiger partial charge in [0.05, 0.1) is 11.1 Å². The quantitative estimate of drug-likeness (QED) is 0.373. The number of amides is 2. The number of hydrogen-bond donors (Lipinski definition) is 1. The SMILES string of the molecule is O=C(C(=O)N1CCN(C(=O)c2ccc(C(F)(F)F)o2)CC1)c1c[nH]c2c(F)ccc(F)c12. The number of rotatable bonds is 3. The van der Waals surface area contributed by atoms with Crippen LogP contribution in [0.3, 0.4) is 0 Å². The largest absolute Gasteiger partial charge is 0.449 e. The first-order valence-corrected chi connectivity index (χ1v) is 9.33. The summed E-state index contributed by atoms with van der Waals surface area (Å²) in [6.07, 6.45) is -3.68. The van der Waals surface area contributed by atoms with Crippen LogP contribution in [0.15, 0.2) is 34.9 Å². The molecule has 0 atom stereocenters. The van der Waals surface area contributed by atoms with Gasteiger partial charge in [-0.25, -0.2) is 8.78 Å². The van der Waals surface area contributed by atoms with Gasteiger partial charge in [-0.2, -0.15) is 13.2 Å². The molecule has 0 unspecified atom stereocenters. The van der Waals surface area contributed by atoms with Crippen molar-refractivity contribution < 1.29 is 40.8 Å². The van der Waals surface area contributed by atoms with Gasteiger partial charge < -0.3 is 19.2 Å². The molecule has 1 saturated heterocycles. The fourth-order valence-corrected chi connectivity index (χ4v) is 3.48. The fourth-order valence-electron chi connectivity index (χ4n) is 3.48. The standard InChI is InChI=1S/C20H14F5N3O4/c21-11-1-2-12(22)16-15(11)10(9-26-16)17(29)19(31)28-7-5-27(6-8-28)18(30)13-3-4-14(32-13)20(23,24)25/h1-4,9,26H,5-8H2. The third-order valence-corrected chi connectivity index (χ3v) is 5.12. The van der Waals surface area contributed by atoms with Gasteiger partial charge in [0.15, 0.2) is 5.76 Å². The van der Waals surface area contributed by atoms with E-state index < -0.39 is 46.9 Å². The van der Waals surface area contributed by atoms with Crippen molar-refractivity contribution >= 4 is 28.5 Å². The summed E-state index contributed by atoms with van der Waals surface area (Å²) in [7, 11) is 0. The number of halogens is 5. The van der Waals surface area contributed by atoms with Crippen molar-refractivity contribution in [2.45, 2.75) is 6.18 Å². The number of furan rings is 1. The van der Waals surface area contributed by atoms with Crippen LogP contribution < -0.4 is 0 Å². The van der Waals surface area contributed by atoms with Gasteiger partial charge in [-0.05, 0) is 24.3 Å². The van der Waals surface area contributed by atoms with Gasteiger partial charge in [0.25, 0.3) is 17.6 Å². The topological polar surface area (TPSA) is 86.6 Å². The molecule has 0 spiro atoms. The first-order chi connectivity index (χ1) is 15.1. The van der Waals surface area contributed by atoms with Crippen molar-refractivity contribution in [3.05, 3.63) is 59.2 Å². The van der Waals surface area contributed by atoms with Gasteiger partial charge in [0.1, 0.15) is 11.6 Å². The van der Waals surface area contributed by atoms with E-state index in [-0.39, 0.29) is 42.6 Å². The maximum atomic E-state index is 14.1. The van der Waals surface area contributed by atoms with Gasteiger partial charge in [-0.1, -0.05) is 0 Å². The Morgan fingerprint density at radius 2 is 1.53 bits per heavy atom. The van der Waals surface area contributed by atoms with E-state index in [1.165, 1.54) is 4.90 Å². The monoisotopic (exact) mass is 455 g/mol. The van der Waals surface area contributed by atoms with E-state index in [2.05, 4.69) is 9.40 Å². The Bertz CT molecular complexity index is 1220. The number of piperazine rings is 1. The molecule has 2 amide bonds. The second-order valence-electron chi connectivity index (χ2n) is 7.06. The van der Waals surface area contributed by atoms with Gasteiger partial charge in [-0.15, -0.1) is 0 Å². The van der Waals surface area contributed by atoms with Gasteiger partial charge in [0.2, 0.25) is 5.76 Å². The average Bonchev–Trinajstić information content (AvgIpc) is 3.43. The number of hydrogen-bond acceptors (Lipinski definition) is 4. The molecule has 1 aromatic carbocycles. The summed E-state index contributed by atoms with van der Waals surface area (Å²) in [6.45, 7) is -0.280. The molecule has 168 valence electrons. The number of fused-ring (bicyclic) bond motifs is 1. The van der Waals surface area contributed by atoms with E-state index in [1.807, 2.05) is 0 Å². The van der Waals surface area contributed by atoms with Gasteiger partial charge >= 0.3 is 6.18 Å². The second kappa shape index (κ2) is 7.77. The van der Waals surface area contributed by atoms with E-state index in [9.17, 15) is 36.3 Å². The number of aromatic nitrogens is 1. The number of benzene rings is 1. The lowest BCUT2D eigenvalue weighted by Crippen LogP contribution is -2.52. The Morgan fingerprint density at radius 3 is 2.16 bits per heavy atom. The predicted molar refractivity (Wildman–Crippen MR) is 98.7 cm³/mol. The van der Waals surface area contributed by atoms with Gasteiger partial charge in [-0.3, -0.25) is 14.4 Å². The van der Waals surface area contributed by atoms with Crippen LogP contribution >= 0.6 is 0 Å². The molecule has 4 rings (SSSR count). The summed E-state index contributed by atoms with van der Waals surface area (Å²) in [5.41, 5.74) is -0.566. The molecule has 3 aromatic rings. The molecule has 12 heteroatoms. The number of alkyl halides is 3. The van der Waals surface area contributed by atoms with E-state index in [0.717, 1.165) is 29.3 Å². The normalized spacial score (nSPS) is 14.8. The summed E-state index contributed by atoms with van der Waals surface area (Å²) in [6, 6.07) is 3.29. The summed E-state index contributed by atoms with van der Waals surface area (Å²) in [5.74, 6) is -6.27. The average molecular weight is 455 g/mol. The van der Waals surface area contributed by atoms with Crippen LogP contribution in [0.5, 0.6) is 0 Å². The summed E-state index contributed by atoms with van der Waals surface area (Å²) in [5, 5.41) is -0.338. The Labute approximate surface area is 176 Å². The molecular formula is C20H14F5N3O4. The Hall–Kier alpha value is -3.70. The van der Waals surface area contributed by atoms with Crippen LogP contribution in [0.25, 0.3) is 10.9 Å². The molecule has 1 aliphatic heterocycles. The Balaban J connectivity index is 1.44. The zero-order chi connectivity index (χ0) is 23.2. The molecule has 0 bridgehead atoms. The van der Waals surface area contributed by atoms with E-state index in [1.54, 1.807) is 0 Å². The number of nitrogens with one attached hydrogen (secondary N) is 1. The lowest BCUT2D eigenvalue weighted by Gasteiger charge is -2.33. The number of carbonyl (C=O) groups excluding carboxylic acids is 3. The van der Waals surface area contributed by atoms with E-state index in [0.29, 0.717) is 6.07 Å². The molecule has 0 radical (unpaired) electrons. The van der Waals surface area contributed by atoms with Crippen LogP contribution in [0.2, 0.25) is 0 Å². The lowest BCUT2D eigenvalue weighted by molar-refractivity contribution is -0.153. The van der Waals surface area contributed by atoms with Crippen LogP contribution in [0, 0.1) is 11.6 Å². The van der Waals surface area contributed by atoms with Gasteiger partial charge in [0, 0.05) is 37.8 Å². The van der Waals surface area contributed by atoms with Crippen molar-refractivity contribution in [1.82, 2.24) is 14.8 Å². The predicted octanol–water partition coefficient (Wildman–Crippen LogP) is 3.23. The molecular weight excluding hydrogens is 441 g/mol. The highest BCUT2D eigenvalue weighted by Gasteiger charge is 2.37. The number of aromatic amines is 1. The number of carbonyl (C=O) groups is 3. The molecule has 32 heavy (non-hydrogen) atoms.